The van der Waals surface area contributed by atoms with Crippen molar-refractivity contribution in [2.24, 2.45) is 0 Å². The number of nitrogens with zero attached hydrogens (tertiary/aromatic N) is 2. The number of carbonyl (C=O) groups excluding carboxylic acids is 4. The lowest BCUT2D eigenvalue weighted by atomic mass is 10.1. The molecule has 0 aliphatic carbocycles. The molecule has 214 valence electrons. The van der Waals surface area contributed by atoms with E-state index in [4.69, 9.17) is 9.47 Å². The number of nitrogens with one attached hydrogen (secondary N) is 2. The van der Waals surface area contributed by atoms with Crippen LogP contribution in [0.2, 0.25) is 0 Å². The third-order valence-electron chi connectivity index (χ3n) is 6.83. The summed E-state index contributed by atoms with van der Waals surface area (Å²) in [4.78, 5) is 53.6. The average molecular weight is 559 g/mol. The summed E-state index contributed by atoms with van der Waals surface area (Å²) >= 11 is 0. The molecule has 10 nitrogen and oxygen atoms in total. The van der Waals surface area contributed by atoms with Crippen molar-refractivity contribution < 1.29 is 37.4 Å². The summed E-state index contributed by atoms with van der Waals surface area (Å²) in [6.45, 7) is 1.90. The number of hydrogen-bond donors (Lipinski definition) is 2. The molecule has 0 saturated carbocycles. The highest BCUT2D eigenvalue weighted by Gasteiger charge is 2.41. The van der Waals surface area contributed by atoms with Gasteiger partial charge in [0.15, 0.2) is 0 Å². The predicted octanol–water partition coefficient (Wildman–Crippen LogP) is 2.11. The zero-order valence-corrected chi connectivity index (χ0v) is 22.5. The molecule has 0 bridgehead atoms. The topological polar surface area (TPSA) is 117 Å². The van der Waals surface area contributed by atoms with E-state index < -0.39 is 59.7 Å². The van der Waals surface area contributed by atoms with Gasteiger partial charge < -0.3 is 29.9 Å². The summed E-state index contributed by atoms with van der Waals surface area (Å²) in [7, 11) is 2.94. The standard InChI is InChI=1S/C28H32F2N4O6/c1-16(31-25(36)18-12-19(29)24(33(2)3)20(30)13-18)27(38)34-11-7-10-22(34)26(37)32-21-14-23(35)40-28(21)39-15-17-8-5-4-6-9-17/h4-6,8-9,12-13,16,21-22,28H,7,10-11,14-15H2,1-3H3,(H,31,36)(H,32,37)/t16-,21-,22-,28?/m0/s1. The molecule has 40 heavy (non-hydrogen) atoms. The van der Waals surface area contributed by atoms with E-state index in [1.807, 2.05) is 30.3 Å². The first kappa shape index (κ1) is 28.9. The third kappa shape index (κ3) is 6.56. The molecule has 0 radical (unpaired) electrons. The zero-order valence-electron chi connectivity index (χ0n) is 22.5. The van der Waals surface area contributed by atoms with Crippen LogP contribution in [-0.4, -0.2) is 73.6 Å². The van der Waals surface area contributed by atoms with Crippen LogP contribution in [0.25, 0.3) is 0 Å². The molecule has 2 aliphatic heterocycles. The van der Waals surface area contributed by atoms with Crippen molar-refractivity contribution in [3.05, 3.63) is 65.2 Å². The molecular weight excluding hydrogens is 526 g/mol. The van der Waals surface area contributed by atoms with Gasteiger partial charge in [-0.25, -0.2) is 8.78 Å². The van der Waals surface area contributed by atoms with Crippen molar-refractivity contribution in [2.45, 2.75) is 57.2 Å². The van der Waals surface area contributed by atoms with Crippen molar-refractivity contribution in [3.63, 3.8) is 0 Å². The molecule has 1 unspecified atom stereocenters. The summed E-state index contributed by atoms with van der Waals surface area (Å²) in [6, 6.07) is 8.47. The molecule has 2 fully saturated rings. The Labute approximate surface area is 230 Å². The lowest BCUT2D eigenvalue weighted by molar-refractivity contribution is -0.168. The van der Waals surface area contributed by atoms with E-state index in [2.05, 4.69) is 10.6 Å². The van der Waals surface area contributed by atoms with Gasteiger partial charge in [0.2, 0.25) is 18.1 Å². The maximum Gasteiger partial charge on any atom is 0.310 e. The number of cyclic esters (lactones) is 1. The fourth-order valence-corrected chi connectivity index (χ4v) is 4.85. The highest BCUT2D eigenvalue weighted by atomic mass is 19.1. The minimum Gasteiger partial charge on any atom is -0.433 e. The van der Waals surface area contributed by atoms with E-state index in [9.17, 15) is 28.0 Å². The van der Waals surface area contributed by atoms with Gasteiger partial charge in [0.1, 0.15) is 35.4 Å². The number of esters is 1. The Morgan fingerprint density at radius 3 is 2.48 bits per heavy atom. The van der Waals surface area contributed by atoms with Crippen molar-refractivity contribution in [3.8, 4) is 0 Å². The largest absolute Gasteiger partial charge is 0.433 e. The molecule has 12 heteroatoms. The molecule has 2 N–H and O–H groups in total. The first-order valence-electron chi connectivity index (χ1n) is 13.0. The maximum atomic E-state index is 14.3. The minimum absolute atomic E-state index is 0.0714. The zero-order chi connectivity index (χ0) is 29.0. The van der Waals surface area contributed by atoms with Crippen LogP contribution in [0.3, 0.4) is 0 Å². The van der Waals surface area contributed by atoms with Gasteiger partial charge in [0.05, 0.1) is 13.0 Å². The second-order valence-electron chi connectivity index (χ2n) is 10.0. The Balaban J connectivity index is 1.36. The van der Waals surface area contributed by atoms with E-state index >= 15 is 0 Å². The van der Waals surface area contributed by atoms with Gasteiger partial charge in [-0.3, -0.25) is 19.2 Å². The summed E-state index contributed by atoms with van der Waals surface area (Å²) in [5.41, 5.74) is 0.315. The Bertz CT molecular complexity index is 1250. The Kier molecular flexibility index (Phi) is 8.98. The summed E-state index contributed by atoms with van der Waals surface area (Å²) in [6.07, 6.45) is -0.100. The summed E-state index contributed by atoms with van der Waals surface area (Å²) in [5, 5.41) is 5.24. The van der Waals surface area contributed by atoms with Crippen molar-refractivity contribution >= 4 is 29.4 Å². The highest BCUT2D eigenvalue weighted by Crippen LogP contribution is 2.24. The first-order chi connectivity index (χ1) is 19.0. The lowest BCUT2D eigenvalue weighted by Gasteiger charge is -2.28. The van der Waals surface area contributed by atoms with Crippen LogP contribution in [0, 0.1) is 11.6 Å². The highest BCUT2D eigenvalue weighted by molar-refractivity contribution is 5.98. The Hall–Kier alpha value is -4.06. The quantitative estimate of drug-likeness (QED) is 0.453. The smallest absolute Gasteiger partial charge is 0.310 e. The van der Waals surface area contributed by atoms with Gasteiger partial charge in [0.25, 0.3) is 5.91 Å². The monoisotopic (exact) mass is 558 g/mol. The number of rotatable bonds is 9. The molecule has 2 aromatic carbocycles. The van der Waals surface area contributed by atoms with Gasteiger partial charge in [-0.2, -0.15) is 0 Å². The van der Waals surface area contributed by atoms with Crippen LogP contribution >= 0.6 is 0 Å². The van der Waals surface area contributed by atoms with Gasteiger partial charge in [0, 0.05) is 26.2 Å². The van der Waals surface area contributed by atoms with Gasteiger partial charge in [-0.1, -0.05) is 30.3 Å². The SMILES string of the molecule is C[C@H](NC(=O)c1cc(F)c(N(C)C)c(F)c1)C(=O)N1CCC[C@H]1C(=O)N[C@H]1CC(=O)OC1OCc1ccccc1. The van der Waals surface area contributed by atoms with E-state index in [-0.39, 0.29) is 30.8 Å². The fourth-order valence-electron chi connectivity index (χ4n) is 4.85. The van der Waals surface area contributed by atoms with Crippen LogP contribution in [-0.2, 0) is 30.5 Å². The van der Waals surface area contributed by atoms with E-state index in [1.165, 1.54) is 30.8 Å². The van der Waals surface area contributed by atoms with E-state index in [0.717, 1.165) is 17.7 Å². The third-order valence-corrected chi connectivity index (χ3v) is 6.83. The number of ether oxygens (including phenoxy) is 2. The molecule has 2 saturated heterocycles. The molecular formula is C28H32F2N4O6. The molecule has 2 heterocycles. The lowest BCUT2D eigenvalue weighted by Crippen LogP contribution is -2.54. The van der Waals surface area contributed by atoms with Gasteiger partial charge in [-0.05, 0) is 37.5 Å². The van der Waals surface area contributed by atoms with Crippen molar-refractivity contribution in [1.82, 2.24) is 15.5 Å². The normalized spacial score (nSPS) is 21.1. The molecule has 0 aromatic heterocycles. The Morgan fingerprint density at radius 1 is 1.15 bits per heavy atom. The molecule has 3 amide bonds. The number of carbonyl (C=O) groups is 4. The number of halogens is 2. The van der Waals surface area contributed by atoms with Crippen molar-refractivity contribution in [2.75, 3.05) is 25.5 Å². The number of likely N-dealkylation sites (tertiary alicyclic amines) is 1. The molecule has 2 aromatic rings. The summed E-state index contributed by atoms with van der Waals surface area (Å²) in [5.74, 6) is -4.15. The number of benzene rings is 2. The maximum absolute atomic E-state index is 14.3. The van der Waals surface area contributed by atoms with Crippen LogP contribution in [0.4, 0.5) is 14.5 Å². The summed E-state index contributed by atoms with van der Waals surface area (Å²) < 4.78 is 39.6. The second kappa shape index (κ2) is 12.4. The molecule has 0 spiro atoms. The van der Waals surface area contributed by atoms with Gasteiger partial charge >= 0.3 is 5.97 Å². The van der Waals surface area contributed by atoms with Gasteiger partial charge in [-0.15, -0.1) is 0 Å². The number of hydrogen-bond acceptors (Lipinski definition) is 7. The van der Waals surface area contributed by atoms with Crippen LogP contribution in [0.1, 0.15) is 42.1 Å². The predicted molar refractivity (Wildman–Crippen MR) is 140 cm³/mol. The average Bonchev–Trinajstić information content (AvgIpc) is 3.53. The Morgan fingerprint density at radius 2 is 1.82 bits per heavy atom. The minimum atomic E-state index is -1.07. The molecule has 2 aliphatic rings. The molecule has 4 rings (SSSR count). The second-order valence-corrected chi connectivity index (χ2v) is 10.0. The van der Waals surface area contributed by atoms with E-state index in [0.29, 0.717) is 12.8 Å². The fraction of sp³-hybridized carbons (Fsp3) is 0.429. The van der Waals surface area contributed by atoms with Crippen LogP contribution < -0.4 is 15.5 Å². The number of anilines is 1. The van der Waals surface area contributed by atoms with E-state index in [1.54, 1.807) is 0 Å². The first-order valence-corrected chi connectivity index (χ1v) is 13.0. The van der Waals surface area contributed by atoms with Crippen LogP contribution in [0.15, 0.2) is 42.5 Å². The number of amides is 3. The van der Waals surface area contributed by atoms with Crippen molar-refractivity contribution in [1.29, 1.82) is 0 Å². The molecule has 4 atom stereocenters. The van der Waals surface area contributed by atoms with Crippen LogP contribution in [0.5, 0.6) is 0 Å².